The van der Waals surface area contributed by atoms with E-state index in [1.54, 1.807) is 40.8 Å². The van der Waals surface area contributed by atoms with Gasteiger partial charge in [-0.1, -0.05) is 18.1 Å². The molecular formula is C44H51FN8O6. The van der Waals surface area contributed by atoms with Gasteiger partial charge in [0.2, 0.25) is 0 Å². The van der Waals surface area contributed by atoms with Crippen LogP contribution in [0.25, 0.3) is 27.8 Å². The Bertz CT molecular complexity index is 2650. The number of hydrogen-bond acceptors (Lipinski definition) is 8. The number of carbonyl (C=O) groups is 1. The highest BCUT2D eigenvalue weighted by atomic mass is 19.1. The van der Waals surface area contributed by atoms with E-state index in [2.05, 4.69) is 53.7 Å². The van der Waals surface area contributed by atoms with Crippen molar-refractivity contribution in [1.82, 2.24) is 38.5 Å². The number of amides is 1. The fraction of sp³-hybridized carbons (Fsp3) is 0.477. The maximum atomic E-state index is 15.3. The Morgan fingerprint density at radius 3 is 2.53 bits per heavy atom. The van der Waals surface area contributed by atoms with E-state index in [1.807, 2.05) is 22.6 Å². The van der Waals surface area contributed by atoms with Crippen LogP contribution < -0.4 is 11.4 Å². The van der Waals surface area contributed by atoms with Gasteiger partial charge < -0.3 is 18.9 Å². The Morgan fingerprint density at radius 1 is 1.02 bits per heavy atom. The van der Waals surface area contributed by atoms with Crippen LogP contribution in [0, 0.1) is 11.7 Å². The van der Waals surface area contributed by atoms with E-state index in [9.17, 15) is 14.0 Å². The highest BCUT2D eigenvalue weighted by Crippen LogP contribution is 2.56. The normalized spacial score (nSPS) is 22.5. The molecular weight excluding hydrogens is 756 g/mol. The minimum absolute atomic E-state index is 0.0438. The standard InChI is InChI=1S/C44H51FN8O6/c1-27-25-44(27,40-46-41(55)59-48-40)53-34-14-11-30(31-15-22-58-43(3,4)26-31)23-32(34)24-35(53)39(54)50-19-20-52-37(28(50)2)38(36(47-52)29-9-12-33(45)13-10-29)51-18-17-49(42(51)56)16-7-6-8-21-57-5/h9-14,17-18,23-24,27-28,31H,6-8,15-16,19-22,25-26H2,1-5H3,(H,46,48,55)/t27-,28-,31-,44-/m0/s1. The molecule has 2 aromatic carbocycles. The van der Waals surface area contributed by atoms with E-state index < -0.39 is 17.3 Å². The highest BCUT2D eigenvalue weighted by Gasteiger charge is 2.59. The Hall–Kier alpha value is -5.54. The number of carbonyl (C=O) groups excluding carboxylic acids is 1. The van der Waals surface area contributed by atoms with Gasteiger partial charge in [0.25, 0.3) is 5.91 Å². The third-order valence-electron chi connectivity index (χ3n) is 12.8. The van der Waals surface area contributed by atoms with Crippen molar-refractivity contribution in [3.63, 3.8) is 0 Å². The first kappa shape index (κ1) is 38.9. The lowest BCUT2D eigenvalue weighted by Crippen LogP contribution is -2.43. The van der Waals surface area contributed by atoms with Crippen molar-refractivity contribution in [3.8, 4) is 16.9 Å². The van der Waals surface area contributed by atoms with Crippen molar-refractivity contribution >= 4 is 16.8 Å². The molecule has 15 heteroatoms. The predicted molar refractivity (Wildman–Crippen MR) is 218 cm³/mol. The molecule has 1 amide bonds. The third-order valence-corrected chi connectivity index (χ3v) is 12.8. The lowest BCUT2D eigenvalue weighted by molar-refractivity contribution is -0.0592. The second-order valence-electron chi connectivity index (χ2n) is 17.1. The molecule has 1 aliphatic carbocycles. The van der Waals surface area contributed by atoms with Crippen LogP contribution in [0.15, 0.2) is 75.0 Å². The number of hydrogen-bond donors (Lipinski definition) is 1. The molecule has 2 fully saturated rings. The lowest BCUT2D eigenvalue weighted by Gasteiger charge is -2.35. The van der Waals surface area contributed by atoms with E-state index >= 15 is 4.79 Å². The van der Waals surface area contributed by atoms with Crippen molar-refractivity contribution in [2.75, 3.05) is 26.9 Å². The Balaban J connectivity index is 1.14. The van der Waals surface area contributed by atoms with Gasteiger partial charge in [-0.3, -0.25) is 28.1 Å². The van der Waals surface area contributed by atoms with Gasteiger partial charge in [-0.05, 0) is 119 Å². The van der Waals surface area contributed by atoms with E-state index in [0.29, 0.717) is 79.3 Å². The zero-order valence-corrected chi connectivity index (χ0v) is 34.2. The number of aryl methyl sites for hydroxylation is 1. The van der Waals surface area contributed by atoms with Crippen LogP contribution in [0.1, 0.15) is 106 Å². The van der Waals surface area contributed by atoms with Gasteiger partial charge >= 0.3 is 11.4 Å². The summed E-state index contributed by atoms with van der Waals surface area (Å²) < 4.78 is 37.7. The number of nitrogens with one attached hydrogen (secondary N) is 1. The van der Waals surface area contributed by atoms with Crippen molar-refractivity contribution in [1.29, 1.82) is 0 Å². The summed E-state index contributed by atoms with van der Waals surface area (Å²) in [7, 11) is 1.68. The Morgan fingerprint density at radius 2 is 1.81 bits per heavy atom. The van der Waals surface area contributed by atoms with Gasteiger partial charge in [-0.25, -0.2) is 14.0 Å². The van der Waals surface area contributed by atoms with Gasteiger partial charge in [0.05, 0.1) is 23.9 Å². The summed E-state index contributed by atoms with van der Waals surface area (Å²) in [6.45, 7) is 10.9. The van der Waals surface area contributed by atoms with Crippen LogP contribution in [-0.2, 0) is 28.1 Å². The second-order valence-corrected chi connectivity index (χ2v) is 17.1. The molecule has 3 aliphatic rings. The molecule has 1 N–H and O–H groups in total. The molecule has 9 rings (SSSR count). The van der Waals surface area contributed by atoms with E-state index in [0.717, 1.165) is 43.0 Å². The largest absolute Gasteiger partial charge is 0.438 e. The summed E-state index contributed by atoms with van der Waals surface area (Å²) in [5, 5.41) is 10.1. The van der Waals surface area contributed by atoms with E-state index in [-0.39, 0.29) is 28.9 Å². The maximum absolute atomic E-state index is 15.3. The first-order chi connectivity index (χ1) is 28.4. The SMILES string of the molecule is COCCCCCn1ccn(-c2c(-c3ccc(F)cc3)nn3c2[C@H](C)N(C(=O)c2cc4cc([C@H]5CCOC(C)(C)C5)ccc4n2[C@@]2(c4noc(=O)[nH]4)C[C@@H]2C)CC3)c1=O. The molecule has 2 aliphatic heterocycles. The van der Waals surface area contributed by atoms with Crippen LogP contribution in [0.4, 0.5) is 4.39 Å². The molecule has 0 spiro atoms. The quantitative estimate of drug-likeness (QED) is 0.134. The molecule has 0 radical (unpaired) electrons. The monoisotopic (exact) mass is 806 g/mol. The van der Waals surface area contributed by atoms with E-state index in [1.165, 1.54) is 17.7 Å². The zero-order valence-electron chi connectivity index (χ0n) is 34.2. The molecule has 4 aromatic heterocycles. The summed E-state index contributed by atoms with van der Waals surface area (Å²) in [5.74, 6) is -0.494. The van der Waals surface area contributed by atoms with Gasteiger partial charge in [-0.2, -0.15) is 5.10 Å². The minimum Gasteiger partial charge on any atom is -0.385 e. The molecule has 310 valence electrons. The first-order valence-electron chi connectivity index (χ1n) is 20.7. The molecule has 59 heavy (non-hydrogen) atoms. The fourth-order valence-electron chi connectivity index (χ4n) is 9.68. The molecule has 0 unspecified atom stereocenters. The second kappa shape index (κ2) is 14.9. The molecule has 6 aromatic rings. The van der Waals surface area contributed by atoms with E-state index in [4.69, 9.17) is 19.1 Å². The number of halogens is 1. The van der Waals surface area contributed by atoms with Gasteiger partial charge in [0.15, 0.2) is 5.82 Å². The number of methoxy groups -OCH3 is 1. The van der Waals surface area contributed by atoms with Gasteiger partial charge in [-0.15, -0.1) is 0 Å². The predicted octanol–water partition coefficient (Wildman–Crippen LogP) is 6.76. The van der Waals surface area contributed by atoms with Crippen molar-refractivity contribution < 1.29 is 23.2 Å². The smallest absolute Gasteiger partial charge is 0.385 e. The van der Waals surface area contributed by atoms with Crippen LogP contribution in [0.5, 0.6) is 0 Å². The Labute approximate surface area is 340 Å². The van der Waals surface area contributed by atoms with Crippen molar-refractivity contribution in [2.45, 2.75) is 102 Å². The number of unbranched alkanes of at least 4 members (excludes halogenated alkanes) is 2. The number of rotatable bonds is 12. The molecule has 4 atom stereocenters. The number of nitrogens with zero attached hydrogens (tertiary/aromatic N) is 7. The summed E-state index contributed by atoms with van der Waals surface area (Å²) in [5.41, 5.74) is 3.70. The fourth-order valence-corrected chi connectivity index (χ4v) is 9.68. The number of aromatic nitrogens is 7. The van der Waals surface area contributed by atoms with Crippen molar-refractivity contribution in [3.05, 3.63) is 111 Å². The molecule has 0 bridgehead atoms. The summed E-state index contributed by atoms with van der Waals surface area (Å²) in [6, 6.07) is 14.0. The average molecular weight is 807 g/mol. The summed E-state index contributed by atoms with van der Waals surface area (Å²) in [4.78, 5) is 46.5. The molecule has 1 saturated carbocycles. The van der Waals surface area contributed by atoms with Gasteiger partial charge in [0, 0.05) is 62.3 Å². The lowest BCUT2D eigenvalue weighted by atomic mass is 9.83. The molecule has 1 saturated heterocycles. The molecule has 14 nitrogen and oxygen atoms in total. The number of H-pyrrole nitrogens is 1. The number of aromatic amines is 1. The molecule has 6 heterocycles. The summed E-state index contributed by atoms with van der Waals surface area (Å²) in [6.07, 6.45) is 8.61. The minimum atomic E-state index is -0.803. The zero-order chi connectivity index (χ0) is 41.2. The first-order valence-corrected chi connectivity index (χ1v) is 20.7. The number of imidazole rings is 1. The van der Waals surface area contributed by atoms with Crippen LogP contribution >= 0.6 is 0 Å². The van der Waals surface area contributed by atoms with Crippen LogP contribution in [-0.4, -0.2) is 76.9 Å². The maximum Gasteiger partial charge on any atom is 0.438 e. The third kappa shape index (κ3) is 6.77. The van der Waals surface area contributed by atoms with Crippen LogP contribution in [0.2, 0.25) is 0 Å². The topological polar surface area (TPSA) is 147 Å². The number of ether oxygens (including phenoxy) is 2. The Kier molecular flexibility index (Phi) is 9.86. The number of fused-ring (bicyclic) bond motifs is 2. The highest BCUT2D eigenvalue weighted by molar-refractivity contribution is 6.00. The van der Waals surface area contributed by atoms with Gasteiger partial charge in [0.1, 0.15) is 28.4 Å². The van der Waals surface area contributed by atoms with Crippen LogP contribution in [0.3, 0.4) is 0 Å². The average Bonchev–Trinajstić information content (AvgIpc) is 3.69. The summed E-state index contributed by atoms with van der Waals surface area (Å²) >= 11 is 0. The van der Waals surface area contributed by atoms with Crippen molar-refractivity contribution in [2.24, 2.45) is 5.92 Å². The number of benzene rings is 2.